The van der Waals surface area contributed by atoms with Crippen LogP contribution < -0.4 is 10.6 Å². The van der Waals surface area contributed by atoms with E-state index >= 15 is 0 Å². The molecule has 0 spiro atoms. The number of aliphatic hydroxyl groups is 1. The van der Waals surface area contributed by atoms with Crippen molar-refractivity contribution >= 4 is 23.2 Å². The summed E-state index contributed by atoms with van der Waals surface area (Å²) in [6, 6.07) is 6.83. The number of nitrogens with one attached hydrogen (secondary N) is 2. The Kier molecular flexibility index (Phi) is 6.56. The van der Waals surface area contributed by atoms with Gasteiger partial charge in [-0.15, -0.1) is 11.3 Å². The minimum absolute atomic E-state index is 0.194. The molecule has 2 aromatic rings. The highest BCUT2D eigenvalue weighted by molar-refractivity contribution is 7.13. The minimum atomic E-state index is -0.561. The molecule has 1 aromatic carbocycles. The predicted molar refractivity (Wildman–Crippen MR) is 109 cm³/mol. The molecule has 0 radical (unpaired) electrons. The Morgan fingerprint density at radius 2 is 2.11 bits per heavy atom. The van der Waals surface area contributed by atoms with Crippen molar-refractivity contribution in [2.24, 2.45) is 0 Å². The first kappa shape index (κ1) is 20.6. The van der Waals surface area contributed by atoms with Gasteiger partial charge in [-0.05, 0) is 38.4 Å². The normalized spacial score (nSPS) is 20.1. The number of aromatic nitrogens is 1. The molecule has 3 rings (SSSR count). The van der Waals surface area contributed by atoms with Gasteiger partial charge < -0.3 is 15.7 Å². The predicted octanol–water partition coefficient (Wildman–Crippen LogP) is 1.30. The van der Waals surface area contributed by atoms with E-state index in [1.54, 1.807) is 25.3 Å². The van der Waals surface area contributed by atoms with Gasteiger partial charge in [-0.2, -0.15) is 0 Å². The third-order valence-electron chi connectivity index (χ3n) is 5.04. The highest BCUT2D eigenvalue weighted by Crippen LogP contribution is 2.27. The maximum atomic E-state index is 13.0. The summed E-state index contributed by atoms with van der Waals surface area (Å²) in [7, 11) is 1.69. The van der Waals surface area contributed by atoms with Gasteiger partial charge in [0.1, 0.15) is 0 Å². The molecule has 0 aliphatic carbocycles. The average molecular weight is 403 g/mol. The Bertz CT molecular complexity index is 836. The van der Waals surface area contributed by atoms with Crippen LogP contribution in [-0.4, -0.2) is 58.6 Å². The molecule has 150 valence electrons. The van der Waals surface area contributed by atoms with Gasteiger partial charge in [0.15, 0.2) is 0 Å². The second kappa shape index (κ2) is 8.91. The monoisotopic (exact) mass is 402 g/mol. The number of β-amino-alcohol motifs (C(OH)–C–C–N with tert-alkyl or cyclic N) is 1. The summed E-state index contributed by atoms with van der Waals surface area (Å²) in [5.41, 5.74) is 4.74. The Morgan fingerprint density at radius 1 is 1.39 bits per heavy atom. The van der Waals surface area contributed by atoms with Crippen molar-refractivity contribution < 1.29 is 14.7 Å². The van der Waals surface area contributed by atoms with E-state index in [9.17, 15) is 14.7 Å². The van der Waals surface area contributed by atoms with Gasteiger partial charge in [0, 0.05) is 6.54 Å². The van der Waals surface area contributed by atoms with Crippen LogP contribution in [-0.2, 0) is 16.1 Å². The molecule has 1 aliphatic rings. The minimum Gasteiger partial charge on any atom is -0.392 e. The molecule has 1 saturated heterocycles. The number of carbonyl (C=O) groups excluding carboxylic acids is 2. The number of thiazole rings is 1. The van der Waals surface area contributed by atoms with Crippen LogP contribution in [0.1, 0.15) is 24.6 Å². The van der Waals surface area contributed by atoms with Crippen LogP contribution in [0.4, 0.5) is 0 Å². The first-order valence-electron chi connectivity index (χ1n) is 9.34. The molecule has 1 aliphatic heterocycles. The first-order chi connectivity index (χ1) is 13.4. The van der Waals surface area contributed by atoms with Crippen molar-refractivity contribution in [3.8, 4) is 10.4 Å². The molecular formula is C20H26N4O3S. The number of aryl methyl sites for hydroxylation is 1. The molecule has 7 nitrogen and oxygen atoms in total. The molecule has 0 bridgehead atoms. The molecule has 0 saturated carbocycles. The van der Waals surface area contributed by atoms with E-state index in [1.807, 2.05) is 36.7 Å². The van der Waals surface area contributed by atoms with E-state index in [-0.39, 0.29) is 18.4 Å². The maximum Gasteiger partial charge on any atom is 0.246 e. The van der Waals surface area contributed by atoms with Crippen molar-refractivity contribution in [2.75, 3.05) is 13.6 Å². The quantitative estimate of drug-likeness (QED) is 0.674. The van der Waals surface area contributed by atoms with E-state index in [2.05, 4.69) is 15.6 Å². The lowest BCUT2D eigenvalue weighted by atomic mass is 10.1. The van der Waals surface area contributed by atoms with E-state index in [4.69, 9.17) is 0 Å². The lowest BCUT2D eigenvalue weighted by Crippen LogP contribution is -2.51. The van der Waals surface area contributed by atoms with Crippen molar-refractivity contribution in [1.29, 1.82) is 0 Å². The number of likely N-dealkylation sites (N-methyl/N-ethyl adjacent to an activating group) is 1. The van der Waals surface area contributed by atoms with Crippen LogP contribution >= 0.6 is 11.3 Å². The molecule has 1 fully saturated rings. The molecule has 0 unspecified atom stereocenters. The topological polar surface area (TPSA) is 94.6 Å². The highest BCUT2D eigenvalue weighted by atomic mass is 32.1. The van der Waals surface area contributed by atoms with E-state index < -0.39 is 18.2 Å². The van der Waals surface area contributed by atoms with Crippen molar-refractivity contribution in [3.05, 3.63) is 41.0 Å². The number of hydrogen-bond donors (Lipinski definition) is 3. The number of carbonyl (C=O) groups is 2. The fraction of sp³-hybridized carbons (Fsp3) is 0.450. The van der Waals surface area contributed by atoms with Crippen LogP contribution in [0.5, 0.6) is 0 Å². The SMILES string of the molecule is CN[C@@H](C)C(=O)N(Cc1ccc(-c2scnc2C)cc1)C(=O)[C@@H]1C[C@@H](O)CN1. The molecule has 2 heterocycles. The van der Waals surface area contributed by atoms with Gasteiger partial charge in [0.2, 0.25) is 11.8 Å². The van der Waals surface area contributed by atoms with Crippen molar-refractivity contribution in [1.82, 2.24) is 20.5 Å². The first-order valence-corrected chi connectivity index (χ1v) is 10.2. The van der Waals surface area contributed by atoms with Crippen LogP contribution in [0.3, 0.4) is 0 Å². The zero-order chi connectivity index (χ0) is 20.3. The zero-order valence-corrected chi connectivity index (χ0v) is 17.1. The zero-order valence-electron chi connectivity index (χ0n) is 16.3. The maximum absolute atomic E-state index is 13.0. The molecule has 1 aromatic heterocycles. The highest BCUT2D eigenvalue weighted by Gasteiger charge is 2.35. The van der Waals surface area contributed by atoms with E-state index in [0.717, 1.165) is 21.7 Å². The molecule has 2 amide bonds. The second-order valence-corrected chi connectivity index (χ2v) is 7.94. The number of amides is 2. The molecule has 8 heteroatoms. The fourth-order valence-corrected chi connectivity index (χ4v) is 4.05. The van der Waals surface area contributed by atoms with Gasteiger partial charge in [-0.25, -0.2) is 4.98 Å². The van der Waals surface area contributed by atoms with Gasteiger partial charge in [0.25, 0.3) is 0 Å². The van der Waals surface area contributed by atoms with Crippen LogP contribution in [0.25, 0.3) is 10.4 Å². The number of nitrogens with zero attached hydrogens (tertiary/aromatic N) is 2. The summed E-state index contributed by atoms with van der Waals surface area (Å²) < 4.78 is 0. The molecule has 3 atom stereocenters. The van der Waals surface area contributed by atoms with Crippen molar-refractivity contribution in [2.45, 2.75) is 45.0 Å². The summed E-state index contributed by atoms with van der Waals surface area (Å²) in [5, 5.41) is 15.6. The average Bonchev–Trinajstić information content (AvgIpc) is 3.33. The summed E-state index contributed by atoms with van der Waals surface area (Å²) in [6.45, 7) is 4.26. The van der Waals surface area contributed by atoms with E-state index in [1.165, 1.54) is 4.90 Å². The molecule has 3 N–H and O–H groups in total. The molecule has 28 heavy (non-hydrogen) atoms. The Labute approximate surface area is 168 Å². The summed E-state index contributed by atoms with van der Waals surface area (Å²) in [6.07, 6.45) is -0.241. The third-order valence-corrected chi connectivity index (χ3v) is 6.02. The van der Waals surface area contributed by atoms with Crippen LogP contribution in [0.2, 0.25) is 0 Å². The summed E-state index contributed by atoms with van der Waals surface area (Å²) >= 11 is 1.59. The van der Waals surface area contributed by atoms with Crippen LogP contribution in [0.15, 0.2) is 29.8 Å². The van der Waals surface area contributed by atoms with E-state index in [0.29, 0.717) is 13.0 Å². The van der Waals surface area contributed by atoms with Crippen LogP contribution in [0, 0.1) is 6.92 Å². The fourth-order valence-electron chi connectivity index (χ4n) is 3.24. The number of rotatable bonds is 6. The third kappa shape index (κ3) is 4.47. The molecular weight excluding hydrogens is 376 g/mol. The number of aliphatic hydroxyl groups excluding tert-OH is 1. The Hall–Kier alpha value is -2.13. The Morgan fingerprint density at radius 3 is 2.64 bits per heavy atom. The lowest BCUT2D eigenvalue weighted by molar-refractivity contribution is -0.147. The number of hydrogen-bond acceptors (Lipinski definition) is 7. The largest absolute Gasteiger partial charge is 0.392 e. The lowest BCUT2D eigenvalue weighted by Gasteiger charge is -2.26. The van der Waals surface area contributed by atoms with Gasteiger partial charge in [-0.3, -0.25) is 14.5 Å². The van der Waals surface area contributed by atoms with Crippen molar-refractivity contribution in [3.63, 3.8) is 0 Å². The summed E-state index contributed by atoms with van der Waals surface area (Å²) in [5.74, 6) is -0.580. The second-order valence-electron chi connectivity index (χ2n) is 7.09. The summed E-state index contributed by atoms with van der Waals surface area (Å²) in [4.78, 5) is 32.4. The smallest absolute Gasteiger partial charge is 0.246 e. The van der Waals surface area contributed by atoms with Gasteiger partial charge in [0.05, 0.1) is 40.8 Å². The van der Waals surface area contributed by atoms with Gasteiger partial charge in [-0.1, -0.05) is 24.3 Å². The number of benzene rings is 1. The standard InChI is InChI=1S/C20H26N4O3S/c1-12-18(28-11-23-12)15-6-4-14(5-7-15)10-24(19(26)13(2)21-3)20(27)17-8-16(25)9-22-17/h4-7,11,13,16-17,21-22,25H,8-10H2,1-3H3/t13-,16+,17-/m0/s1. The number of imide groups is 1. The van der Waals surface area contributed by atoms with Gasteiger partial charge >= 0.3 is 0 Å². The Balaban J connectivity index is 1.79.